The van der Waals surface area contributed by atoms with Crippen LogP contribution in [0.2, 0.25) is 0 Å². The van der Waals surface area contributed by atoms with Crippen LogP contribution in [0.4, 0.5) is 4.79 Å². The predicted molar refractivity (Wildman–Crippen MR) is 34.9 cm³/mol. The number of esters is 1. The zero-order valence-electron chi connectivity index (χ0n) is 6.36. The highest BCUT2D eigenvalue weighted by Crippen LogP contribution is 2.09. The summed E-state index contributed by atoms with van der Waals surface area (Å²) in [5.41, 5.74) is 0. The van der Waals surface area contributed by atoms with Crippen molar-refractivity contribution in [2.24, 2.45) is 0 Å². The van der Waals surface area contributed by atoms with E-state index in [9.17, 15) is 9.59 Å². The van der Waals surface area contributed by atoms with Gasteiger partial charge in [-0.3, -0.25) is 4.90 Å². The third-order valence-electron chi connectivity index (χ3n) is 1.59. The molecule has 1 amide bonds. The molecule has 1 aliphatic rings. The van der Waals surface area contributed by atoms with Crippen LogP contribution in [0.1, 0.15) is 0 Å². The minimum absolute atomic E-state index is 0.0853. The molecule has 5 heteroatoms. The van der Waals surface area contributed by atoms with Crippen LogP contribution in [0.25, 0.3) is 0 Å². The number of amides is 1. The van der Waals surface area contributed by atoms with E-state index in [4.69, 9.17) is 0 Å². The van der Waals surface area contributed by atoms with Crippen LogP contribution in [0.5, 0.6) is 0 Å². The first kappa shape index (κ1) is 7.84. The van der Waals surface area contributed by atoms with Gasteiger partial charge in [0.05, 0.1) is 7.11 Å². The van der Waals surface area contributed by atoms with Crippen LogP contribution < -0.4 is 0 Å². The molecule has 1 rings (SSSR count). The number of methoxy groups -OCH3 is 1. The van der Waals surface area contributed by atoms with E-state index in [2.05, 4.69) is 9.47 Å². The first-order valence-electron chi connectivity index (χ1n) is 3.14. The Morgan fingerprint density at radius 3 is 2.82 bits per heavy atom. The van der Waals surface area contributed by atoms with Crippen molar-refractivity contribution in [2.45, 2.75) is 6.04 Å². The Labute approximate surface area is 63.9 Å². The van der Waals surface area contributed by atoms with E-state index in [-0.39, 0.29) is 6.61 Å². The van der Waals surface area contributed by atoms with E-state index < -0.39 is 18.1 Å². The Hall–Kier alpha value is -1.26. The number of carbonyl (C=O) groups excluding carboxylic acids is 2. The number of carbonyl (C=O) groups is 2. The van der Waals surface area contributed by atoms with Crippen LogP contribution in [0.15, 0.2) is 0 Å². The Bertz CT molecular complexity index is 191. The Morgan fingerprint density at radius 1 is 1.82 bits per heavy atom. The monoisotopic (exact) mass is 159 g/mol. The first-order valence-corrected chi connectivity index (χ1v) is 3.14. The smallest absolute Gasteiger partial charge is 0.410 e. The third-order valence-corrected chi connectivity index (χ3v) is 1.59. The minimum Gasteiger partial charge on any atom is -0.467 e. The van der Waals surface area contributed by atoms with Crippen molar-refractivity contribution in [2.75, 3.05) is 20.8 Å². The normalized spacial score (nSPS) is 23.3. The second-order valence-corrected chi connectivity index (χ2v) is 2.23. The zero-order valence-corrected chi connectivity index (χ0v) is 6.36. The molecule has 0 unspecified atom stereocenters. The van der Waals surface area contributed by atoms with Gasteiger partial charge >= 0.3 is 12.1 Å². The lowest BCUT2D eigenvalue weighted by Crippen LogP contribution is -2.37. The molecule has 0 aromatic heterocycles. The summed E-state index contributed by atoms with van der Waals surface area (Å²) in [5.74, 6) is -0.446. The van der Waals surface area contributed by atoms with Crippen molar-refractivity contribution in [3.63, 3.8) is 0 Å². The highest BCUT2D eigenvalue weighted by molar-refractivity contribution is 5.83. The molecule has 0 saturated carbocycles. The number of cyclic esters (lactones) is 1. The molecule has 0 bridgehead atoms. The predicted octanol–water partition coefficient (Wildman–Crippen LogP) is -0.390. The van der Waals surface area contributed by atoms with Gasteiger partial charge in [-0.25, -0.2) is 9.59 Å². The fourth-order valence-corrected chi connectivity index (χ4v) is 0.853. The fraction of sp³-hybridized carbons (Fsp3) is 0.667. The summed E-state index contributed by atoms with van der Waals surface area (Å²) in [4.78, 5) is 22.8. The van der Waals surface area contributed by atoms with E-state index in [1.54, 1.807) is 0 Å². The third kappa shape index (κ3) is 1.26. The molecular weight excluding hydrogens is 150 g/mol. The van der Waals surface area contributed by atoms with Gasteiger partial charge in [-0.15, -0.1) is 0 Å². The van der Waals surface area contributed by atoms with Crippen LogP contribution in [0.3, 0.4) is 0 Å². The molecule has 1 heterocycles. The molecule has 1 aliphatic heterocycles. The van der Waals surface area contributed by atoms with Crippen LogP contribution >= 0.6 is 0 Å². The van der Waals surface area contributed by atoms with E-state index >= 15 is 0 Å². The standard InChI is InChI=1S/C6H9NO4/c1-7-4(5(8)10-2)3-11-6(7)9/h4H,3H2,1-2H3/t4-/m0/s1. The van der Waals surface area contributed by atoms with Crippen molar-refractivity contribution < 1.29 is 19.1 Å². The average Bonchev–Trinajstić information content (AvgIpc) is 2.32. The number of nitrogens with zero attached hydrogens (tertiary/aromatic N) is 1. The minimum atomic E-state index is -0.576. The fourth-order valence-electron chi connectivity index (χ4n) is 0.853. The number of likely N-dealkylation sites (N-methyl/N-ethyl adjacent to an activating group) is 1. The summed E-state index contributed by atoms with van der Waals surface area (Å²) in [6, 6.07) is -0.576. The maximum Gasteiger partial charge on any atom is 0.410 e. The van der Waals surface area contributed by atoms with Crippen LogP contribution in [-0.2, 0) is 14.3 Å². The van der Waals surface area contributed by atoms with Gasteiger partial charge in [-0.05, 0) is 0 Å². The van der Waals surface area contributed by atoms with E-state index in [0.717, 1.165) is 0 Å². The first-order chi connectivity index (χ1) is 5.16. The maximum atomic E-state index is 10.9. The second kappa shape index (κ2) is 2.77. The Kier molecular flexibility index (Phi) is 1.98. The molecule has 1 atom stereocenters. The number of rotatable bonds is 1. The Balaban J connectivity index is 2.61. The van der Waals surface area contributed by atoms with Crippen molar-refractivity contribution in [3.05, 3.63) is 0 Å². The topological polar surface area (TPSA) is 55.8 Å². The maximum absolute atomic E-state index is 10.9. The molecule has 0 N–H and O–H groups in total. The SMILES string of the molecule is COC(=O)[C@@H]1COC(=O)N1C. The summed E-state index contributed by atoms with van der Waals surface area (Å²) in [5, 5.41) is 0. The highest BCUT2D eigenvalue weighted by Gasteiger charge is 2.35. The number of hydrogen-bond acceptors (Lipinski definition) is 4. The van der Waals surface area contributed by atoms with E-state index in [0.29, 0.717) is 0 Å². The van der Waals surface area contributed by atoms with Gasteiger partial charge in [0.25, 0.3) is 0 Å². The lowest BCUT2D eigenvalue weighted by Gasteiger charge is -2.12. The van der Waals surface area contributed by atoms with Crippen molar-refractivity contribution >= 4 is 12.1 Å². The molecule has 0 radical (unpaired) electrons. The summed E-state index contributed by atoms with van der Waals surface area (Å²) < 4.78 is 9.03. The summed E-state index contributed by atoms with van der Waals surface area (Å²) in [6.45, 7) is 0.0853. The lowest BCUT2D eigenvalue weighted by atomic mass is 10.3. The zero-order chi connectivity index (χ0) is 8.43. The van der Waals surface area contributed by atoms with Gasteiger partial charge in [0.2, 0.25) is 0 Å². The van der Waals surface area contributed by atoms with Crippen LogP contribution in [-0.4, -0.2) is 43.8 Å². The van der Waals surface area contributed by atoms with Gasteiger partial charge in [-0.1, -0.05) is 0 Å². The molecule has 0 aromatic carbocycles. The van der Waals surface area contributed by atoms with Crippen molar-refractivity contribution in [1.82, 2.24) is 4.90 Å². The lowest BCUT2D eigenvalue weighted by molar-refractivity contribution is -0.144. The second-order valence-electron chi connectivity index (χ2n) is 2.23. The molecule has 0 aromatic rings. The quantitative estimate of drug-likeness (QED) is 0.489. The van der Waals surface area contributed by atoms with E-state index in [1.165, 1.54) is 19.1 Å². The molecule has 0 spiro atoms. The van der Waals surface area contributed by atoms with E-state index in [1.807, 2.05) is 0 Å². The van der Waals surface area contributed by atoms with Gasteiger partial charge < -0.3 is 9.47 Å². The van der Waals surface area contributed by atoms with Gasteiger partial charge in [0.1, 0.15) is 6.61 Å². The molecule has 0 aliphatic carbocycles. The molecule has 1 fully saturated rings. The Morgan fingerprint density at radius 2 is 2.45 bits per heavy atom. The van der Waals surface area contributed by atoms with Gasteiger partial charge in [0.15, 0.2) is 6.04 Å². The molecule has 11 heavy (non-hydrogen) atoms. The molecule has 62 valence electrons. The summed E-state index contributed by atoms with van der Waals surface area (Å²) in [7, 11) is 2.77. The average molecular weight is 159 g/mol. The number of ether oxygens (including phenoxy) is 2. The van der Waals surface area contributed by atoms with Gasteiger partial charge in [-0.2, -0.15) is 0 Å². The largest absolute Gasteiger partial charge is 0.467 e. The summed E-state index contributed by atoms with van der Waals surface area (Å²) >= 11 is 0. The van der Waals surface area contributed by atoms with Crippen molar-refractivity contribution in [3.8, 4) is 0 Å². The van der Waals surface area contributed by atoms with Gasteiger partial charge in [0, 0.05) is 7.05 Å². The molecule has 1 saturated heterocycles. The number of hydrogen-bond donors (Lipinski definition) is 0. The summed E-state index contributed by atoms with van der Waals surface area (Å²) in [6.07, 6.45) is -0.486. The molecular formula is C6H9NO4. The van der Waals surface area contributed by atoms with Crippen LogP contribution in [0, 0.1) is 0 Å². The molecule has 5 nitrogen and oxygen atoms in total. The van der Waals surface area contributed by atoms with Crippen molar-refractivity contribution in [1.29, 1.82) is 0 Å². The highest BCUT2D eigenvalue weighted by atomic mass is 16.6.